The summed E-state index contributed by atoms with van der Waals surface area (Å²) >= 11 is 0. The highest BCUT2D eigenvalue weighted by Crippen LogP contribution is 2.40. The molecule has 33 heavy (non-hydrogen) atoms. The lowest BCUT2D eigenvalue weighted by Crippen LogP contribution is -2.55. The van der Waals surface area contributed by atoms with Crippen LogP contribution in [-0.4, -0.2) is 65.1 Å². The van der Waals surface area contributed by atoms with Gasteiger partial charge in [-0.1, -0.05) is 19.8 Å². The van der Waals surface area contributed by atoms with Crippen molar-refractivity contribution in [3.05, 3.63) is 30.5 Å². The van der Waals surface area contributed by atoms with E-state index in [2.05, 4.69) is 51.3 Å². The van der Waals surface area contributed by atoms with Crippen molar-refractivity contribution in [2.45, 2.75) is 58.1 Å². The number of fused-ring (bicyclic) bond motifs is 1. The Morgan fingerprint density at radius 1 is 1.09 bits per heavy atom. The maximum absolute atomic E-state index is 13.2. The quantitative estimate of drug-likeness (QED) is 0.743. The van der Waals surface area contributed by atoms with Gasteiger partial charge in [-0.05, 0) is 57.5 Å². The summed E-state index contributed by atoms with van der Waals surface area (Å²) in [7, 11) is 0. The molecule has 0 spiro atoms. The van der Waals surface area contributed by atoms with Gasteiger partial charge in [0.2, 0.25) is 5.95 Å². The van der Waals surface area contributed by atoms with Crippen LogP contribution in [0, 0.1) is 0 Å². The van der Waals surface area contributed by atoms with Crippen LogP contribution >= 0.6 is 0 Å². The Balaban J connectivity index is 1.33. The van der Waals surface area contributed by atoms with Gasteiger partial charge < -0.3 is 19.9 Å². The lowest BCUT2D eigenvalue weighted by Gasteiger charge is -2.40. The van der Waals surface area contributed by atoms with Crippen molar-refractivity contribution in [1.82, 2.24) is 14.9 Å². The Bertz CT molecular complexity index is 994. The van der Waals surface area contributed by atoms with E-state index >= 15 is 0 Å². The first-order chi connectivity index (χ1) is 15.9. The van der Waals surface area contributed by atoms with Crippen molar-refractivity contribution in [2.75, 3.05) is 47.8 Å². The lowest BCUT2D eigenvalue weighted by atomic mass is 10.0. The summed E-state index contributed by atoms with van der Waals surface area (Å²) in [5, 5.41) is 3.30. The molecule has 0 bridgehead atoms. The number of carbonyl (C=O) groups excluding carboxylic acids is 1. The number of likely N-dealkylation sites (N-methyl/N-ethyl adjacent to an activating group) is 1. The van der Waals surface area contributed by atoms with Crippen LogP contribution in [0.3, 0.4) is 0 Å². The Morgan fingerprint density at radius 2 is 1.79 bits per heavy atom. The van der Waals surface area contributed by atoms with E-state index in [1.807, 2.05) is 18.7 Å². The van der Waals surface area contributed by atoms with Crippen molar-refractivity contribution in [2.24, 2.45) is 0 Å². The summed E-state index contributed by atoms with van der Waals surface area (Å²) in [6, 6.07) is 8.58. The fourth-order valence-electron chi connectivity index (χ4n) is 5.08. The van der Waals surface area contributed by atoms with E-state index in [-0.39, 0.29) is 11.9 Å². The van der Waals surface area contributed by atoms with E-state index in [1.165, 1.54) is 5.69 Å². The molecule has 2 fully saturated rings. The van der Waals surface area contributed by atoms with Gasteiger partial charge in [-0.2, -0.15) is 4.98 Å². The van der Waals surface area contributed by atoms with Gasteiger partial charge in [0.25, 0.3) is 5.91 Å². The van der Waals surface area contributed by atoms with E-state index < -0.39 is 5.60 Å². The molecule has 1 saturated heterocycles. The fraction of sp³-hybridized carbons (Fsp3) is 0.560. The van der Waals surface area contributed by atoms with Gasteiger partial charge >= 0.3 is 0 Å². The number of anilines is 4. The van der Waals surface area contributed by atoms with E-state index in [4.69, 9.17) is 9.72 Å². The first-order valence-corrected chi connectivity index (χ1v) is 12.2. The molecule has 0 atom stereocenters. The summed E-state index contributed by atoms with van der Waals surface area (Å²) in [5.41, 5.74) is 1.24. The molecule has 1 N–H and O–H groups in total. The zero-order valence-electron chi connectivity index (χ0n) is 19.9. The van der Waals surface area contributed by atoms with Gasteiger partial charge in [0, 0.05) is 43.6 Å². The van der Waals surface area contributed by atoms with Gasteiger partial charge in [-0.3, -0.25) is 9.69 Å². The molecule has 2 aliphatic heterocycles. The molecule has 8 heteroatoms. The molecule has 8 nitrogen and oxygen atoms in total. The Hall–Kier alpha value is -2.87. The van der Waals surface area contributed by atoms with Gasteiger partial charge in [-0.15, -0.1) is 0 Å². The van der Waals surface area contributed by atoms with Crippen molar-refractivity contribution in [3.63, 3.8) is 0 Å². The Kier molecular flexibility index (Phi) is 5.86. The third kappa shape index (κ3) is 4.36. The summed E-state index contributed by atoms with van der Waals surface area (Å²) in [6.07, 6.45) is 5.97. The molecule has 5 rings (SSSR count). The zero-order valence-corrected chi connectivity index (χ0v) is 19.9. The topological polar surface area (TPSA) is 73.8 Å². The summed E-state index contributed by atoms with van der Waals surface area (Å²) in [4.78, 5) is 29.2. The maximum Gasteiger partial charge on any atom is 0.272 e. The largest absolute Gasteiger partial charge is 0.472 e. The molecule has 1 aromatic heterocycles. The van der Waals surface area contributed by atoms with Crippen molar-refractivity contribution >= 4 is 29.0 Å². The molecule has 0 radical (unpaired) electrons. The summed E-state index contributed by atoms with van der Waals surface area (Å²) < 4.78 is 5.97. The minimum Gasteiger partial charge on any atom is -0.472 e. The second-order valence-electron chi connectivity index (χ2n) is 9.70. The van der Waals surface area contributed by atoms with Crippen molar-refractivity contribution < 1.29 is 9.53 Å². The number of nitrogens with one attached hydrogen (secondary N) is 1. The molecule has 1 aromatic carbocycles. The first kappa shape index (κ1) is 21.9. The normalized spacial score (nSPS) is 21.1. The number of carbonyl (C=O) groups is 1. The van der Waals surface area contributed by atoms with Gasteiger partial charge in [0.05, 0.1) is 6.20 Å². The monoisotopic (exact) mass is 450 g/mol. The maximum atomic E-state index is 13.2. The van der Waals surface area contributed by atoms with Crippen molar-refractivity contribution in [3.8, 4) is 5.75 Å². The fourth-order valence-corrected chi connectivity index (χ4v) is 5.08. The molecule has 1 saturated carbocycles. The molecule has 3 aliphatic rings. The SMILES string of the molecule is CCN1CCN(c2ccc(Nc3ncc4c(n3)N(C3CCCC3)C(=O)C(C)(C)O4)cc2)CC1. The molecule has 0 unspecified atom stereocenters. The minimum absolute atomic E-state index is 0.0286. The second kappa shape index (κ2) is 8.82. The average Bonchev–Trinajstić information content (AvgIpc) is 3.35. The van der Waals surface area contributed by atoms with Crippen LogP contribution in [0.15, 0.2) is 30.5 Å². The average molecular weight is 451 g/mol. The zero-order chi connectivity index (χ0) is 23.0. The number of hydrogen-bond acceptors (Lipinski definition) is 7. The number of piperazine rings is 1. The number of hydrogen-bond donors (Lipinski definition) is 1. The third-order valence-corrected chi connectivity index (χ3v) is 7.06. The summed E-state index contributed by atoms with van der Waals surface area (Å²) in [5.74, 6) is 1.59. The van der Waals surface area contributed by atoms with E-state index in [0.29, 0.717) is 17.5 Å². The van der Waals surface area contributed by atoms with Gasteiger partial charge in [-0.25, -0.2) is 4.98 Å². The smallest absolute Gasteiger partial charge is 0.272 e. The molecule has 3 heterocycles. The molecular formula is C25H34N6O2. The van der Waals surface area contributed by atoms with Crippen LogP contribution in [0.1, 0.15) is 46.5 Å². The number of ether oxygens (including phenoxy) is 1. The highest BCUT2D eigenvalue weighted by atomic mass is 16.5. The van der Waals surface area contributed by atoms with Crippen LogP contribution in [0.4, 0.5) is 23.1 Å². The molecule has 176 valence electrons. The van der Waals surface area contributed by atoms with Crippen LogP contribution in [0.5, 0.6) is 5.75 Å². The molecule has 1 aliphatic carbocycles. The first-order valence-electron chi connectivity index (χ1n) is 12.2. The Labute approximate surface area is 195 Å². The number of amides is 1. The molecule has 2 aromatic rings. The predicted molar refractivity (Wildman–Crippen MR) is 131 cm³/mol. The second-order valence-corrected chi connectivity index (χ2v) is 9.70. The van der Waals surface area contributed by atoms with Crippen LogP contribution in [0.2, 0.25) is 0 Å². The summed E-state index contributed by atoms with van der Waals surface area (Å²) in [6.45, 7) is 11.3. The molecule has 1 amide bonds. The van der Waals surface area contributed by atoms with E-state index in [1.54, 1.807) is 6.20 Å². The van der Waals surface area contributed by atoms with E-state index in [0.717, 1.165) is 64.1 Å². The predicted octanol–water partition coefficient (Wildman–Crippen LogP) is 3.81. The van der Waals surface area contributed by atoms with Gasteiger partial charge in [0.15, 0.2) is 17.2 Å². The van der Waals surface area contributed by atoms with Crippen LogP contribution in [0.25, 0.3) is 0 Å². The number of benzene rings is 1. The number of rotatable bonds is 5. The van der Waals surface area contributed by atoms with Crippen LogP contribution < -0.4 is 19.9 Å². The number of nitrogens with zero attached hydrogens (tertiary/aromatic N) is 5. The van der Waals surface area contributed by atoms with Crippen LogP contribution in [-0.2, 0) is 4.79 Å². The highest BCUT2D eigenvalue weighted by Gasteiger charge is 2.45. The number of aromatic nitrogens is 2. The minimum atomic E-state index is -0.910. The van der Waals surface area contributed by atoms with Gasteiger partial charge in [0.1, 0.15) is 0 Å². The van der Waals surface area contributed by atoms with Crippen molar-refractivity contribution in [1.29, 1.82) is 0 Å². The highest BCUT2D eigenvalue weighted by molar-refractivity contribution is 6.02. The lowest BCUT2D eigenvalue weighted by molar-refractivity contribution is -0.133. The Morgan fingerprint density at radius 3 is 2.45 bits per heavy atom. The van der Waals surface area contributed by atoms with E-state index in [9.17, 15) is 4.79 Å². The standard InChI is InChI=1S/C25H34N6O2/c1-4-29-13-15-30(16-14-29)19-11-9-18(10-12-19)27-24-26-17-21-22(28-24)31(20-7-5-6-8-20)23(32)25(2,3)33-21/h9-12,17,20H,4-8,13-16H2,1-3H3,(H,26,27,28). The molecular weight excluding hydrogens is 416 g/mol. The third-order valence-electron chi connectivity index (χ3n) is 7.06.